The minimum atomic E-state index is 0.323. The van der Waals surface area contributed by atoms with E-state index < -0.39 is 0 Å². The molecule has 1 fully saturated rings. The van der Waals surface area contributed by atoms with E-state index in [1.807, 2.05) is 0 Å². The van der Waals surface area contributed by atoms with Gasteiger partial charge >= 0.3 is 0 Å². The number of rotatable bonds is 4. The van der Waals surface area contributed by atoms with E-state index in [1.165, 1.54) is 38.9 Å². The van der Waals surface area contributed by atoms with Crippen molar-refractivity contribution in [3.05, 3.63) is 12.2 Å². The number of likely N-dealkylation sites (tertiary alicyclic amines) is 1. The second-order valence-electron chi connectivity index (χ2n) is 5.25. The Morgan fingerprint density at radius 2 is 2.27 bits per heavy atom. The molecule has 1 aliphatic carbocycles. The van der Waals surface area contributed by atoms with Crippen LogP contribution in [-0.4, -0.2) is 30.6 Å². The molecule has 3 atom stereocenters. The van der Waals surface area contributed by atoms with Crippen LogP contribution in [0.2, 0.25) is 0 Å². The van der Waals surface area contributed by atoms with Crippen molar-refractivity contribution in [3.8, 4) is 0 Å². The lowest BCUT2D eigenvalue weighted by atomic mass is 10.0. The van der Waals surface area contributed by atoms with Crippen LogP contribution in [0.4, 0.5) is 0 Å². The van der Waals surface area contributed by atoms with E-state index in [4.69, 9.17) is 5.73 Å². The molecule has 0 radical (unpaired) electrons. The summed E-state index contributed by atoms with van der Waals surface area (Å²) >= 11 is 0. The van der Waals surface area contributed by atoms with Crippen molar-refractivity contribution in [2.75, 3.05) is 19.6 Å². The quantitative estimate of drug-likeness (QED) is 0.716. The summed E-state index contributed by atoms with van der Waals surface area (Å²) in [5, 5.41) is 0. The highest BCUT2D eigenvalue weighted by Gasteiger charge is 2.25. The fraction of sp³-hybridized carbons (Fsp3) is 0.846. The van der Waals surface area contributed by atoms with Crippen LogP contribution in [-0.2, 0) is 0 Å². The van der Waals surface area contributed by atoms with E-state index in [0.29, 0.717) is 6.04 Å². The molecule has 0 saturated carbocycles. The molecule has 2 aliphatic rings. The minimum absolute atomic E-state index is 0.323. The first kappa shape index (κ1) is 11.2. The Morgan fingerprint density at radius 1 is 1.40 bits per heavy atom. The second-order valence-corrected chi connectivity index (χ2v) is 5.25. The molecule has 2 nitrogen and oxygen atoms in total. The topological polar surface area (TPSA) is 29.3 Å². The van der Waals surface area contributed by atoms with Gasteiger partial charge < -0.3 is 10.6 Å². The van der Waals surface area contributed by atoms with Gasteiger partial charge in [0.15, 0.2) is 0 Å². The van der Waals surface area contributed by atoms with Crippen LogP contribution < -0.4 is 5.73 Å². The summed E-state index contributed by atoms with van der Waals surface area (Å²) in [5.74, 6) is 1.69. The van der Waals surface area contributed by atoms with Crippen LogP contribution in [0.1, 0.15) is 32.6 Å². The maximum atomic E-state index is 5.87. The molecule has 3 unspecified atom stereocenters. The molecule has 0 aromatic carbocycles. The zero-order valence-electron chi connectivity index (χ0n) is 9.86. The van der Waals surface area contributed by atoms with Crippen molar-refractivity contribution in [1.29, 1.82) is 0 Å². The van der Waals surface area contributed by atoms with Gasteiger partial charge in [0.25, 0.3) is 0 Å². The predicted molar refractivity (Wildman–Crippen MR) is 64.7 cm³/mol. The van der Waals surface area contributed by atoms with Crippen molar-refractivity contribution < 1.29 is 0 Å². The van der Waals surface area contributed by atoms with Crippen molar-refractivity contribution in [2.45, 2.75) is 38.6 Å². The van der Waals surface area contributed by atoms with Gasteiger partial charge in [0.2, 0.25) is 0 Å². The smallest absolute Gasteiger partial charge is 0.0229 e. The molecule has 1 saturated heterocycles. The van der Waals surface area contributed by atoms with Crippen LogP contribution in [0.25, 0.3) is 0 Å². The maximum absolute atomic E-state index is 5.87. The molecule has 2 N–H and O–H groups in total. The summed E-state index contributed by atoms with van der Waals surface area (Å²) in [7, 11) is 0. The predicted octanol–water partition coefficient (Wildman–Crippen LogP) is 2.01. The van der Waals surface area contributed by atoms with Crippen LogP contribution >= 0.6 is 0 Å². The summed E-state index contributed by atoms with van der Waals surface area (Å²) in [6.07, 6.45) is 9.82. The van der Waals surface area contributed by atoms with Gasteiger partial charge in [-0.25, -0.2) is 0 Å². The lowest BCUT2D eigenvalue weighted by Gasteiger charge is -2.19. The first-order chi connectivity index (χ1) is 7.28. The Bertz CT molecular complexity index is 225. The third-order valence-electron chi connectivity index (χ3n) is 3.76. The van der Waals surface area contributed by atoms with Crippen molar-refractivity contribution >= 4 is 0 Å². The first-order valence-electron chi connectivity index (χ1n) is 6.44. The summed E-state index contributed by atoms with van der Waals surface area (Å²) in [4.78, 5) is 2.63. The molecule has 0 aromatic rings. The van der Waals surface area contributed by atoms with Gasteiger partial charge in [-0.15, -0.1) is 0 Å². The van der Waals surface area contributed by atoms with E-state index in [9.17, 15) is 0 Å². The number of hydrogen-bond donors (Lipinski definition) is 1. The normalized spacial score (nSPS) is 36.5. The van der Waals surface area contributed by atoms with Crippen LogP contribution in [0.15, 0.2) is 12.2 Å². The summed E-state index contributed by atoms with van der Waals surface area (Å²) in [6.45, 7) is 6.17. The van der Waals surface area contributed by atoms with Crippen molar-refractivity contribution in [3.63, 3.8) is 0 Å². The molecular weight excluding hydrogens is 184 g/mol. The highest BCUT2D eigenvalue weighted by Crippen LogP contribution is 2.24. The minimum Gasteiger partial charge on any atom is -0.324 e. The summed E-state index contributed by atoms with van der Waals surface area (Å²) in [6, 6.07) is 0.323. The number of nitrogens with zero attached hydrogens (tertiary/aromatic N) is 1. The van der Waals surface area contributed by atoms with Gasteiger partial charge in [-0.3, -0.25) is 0 Å². The summed E-state index contributed by atoms with van der Waals surface area (Å²) < 4.78 is 0. The van der Waals surface area contributed by atoms with Crippen molar-refractivity contribution in [2.24, 2.45) is 17.6 Å². The molecule has 1 heterocycles. The fourth-order valence-electron chi connectivity index (χ4n) is 3.00. The molecule has 86 valence electrons. The van der Waals surface area contributed by atoms with Crippen molar-refractivity contribution in [1.82, 2.24) is 4.90 Å². The van der Waals surface area contributed by atoms with Gasteiger partial charge in [-0.1, -0.05) is 25.5 Å². The van der Waals surface area contributed by atoms with E-state index in [-0.39, 0.29) is 0 Å². The molecule has 2 rings (SSSR count). The molecule has 0 amide bonds. The molecule has 0 bridgehead atoms. The van der Waals surface area contributed by atoms with Gasteiger partial charge in [0.1, 0.15) is 0 Å². The third-order valence-corrected chi connectivity index (χ3v) is 3.76. The zero-order chi connectivity index (χ0) is 10.7. The second kappa shape index (κ2) is 5.13. The average molecular weight is 208 g/mol. The highest BCUT2D eigenvalue weighted by molar-refractivity contribution is 5.05. The Kier molecular flexibility index (Phi) is 3.81. The molecule has 1 aliphatic heterocycles. The van der Waals surface area contributed by atoms with Crippen LogP contribution in [0.3, 0.4) is 0 Å². The van der Waals surface area contributed by atoms with E-state index in [1.54, 1.807) is 0 Å². The van der Waals surface area contributed by atoms with Gasteiger partial charge in [0.05, 0.1) is 0 Å². The van der Waals surface area contributed by atoms with Gasteiger partial charge in [-0.05, 0) is 37.6 Å². The maximum Gasteiger partial charge on any atom is 0.0229 e. The zero-order valence-corrected chi connectivity index (χ0v) is 9.86. The molecular formula is C13H24N2. The monoisotopic (exact) mass is 208 g/mol. The fourth-order valence-corrected chi connectivity index (χ4v) is 3.00. The van der Waals surface area contributed by atoms with E-state index >= 15 is 0 Å². The number of nitrogens with two attached hydrogens (primary N) is 1. The molecule has 2 heteroatoms. The summed E-state index contributed by atoms with van der Waals surface area (Å²) in [5.41, 5.74) is 5.87. The van der Waals surface area contributed by atoms with Gasteiger partial charge in [0, 0.05) is 19.1 Å². The Hall–Kier alpha value is -0.340. The Labute approximate surface area is 93.5 Å². The molecule has 0 aromatic heterocycles. The van der Waals surface area contributed by atoms with E-state index in [2.05, 4.69) is 24.0 Å². The van der Waals surface area contributed by atoms with E-state index in [0.717, 1.165) is 18.3 Å². The molecule has 15 heavy (non-hydrogen) atoms. The number of hydrogen-bond acceptors (Lipinski definition) is 2. The Morgan fingerprint density at radius 3 is 2.93 bits per heavy atom. The first-order valence-corrected chi connectivity index (χ1v) is 6.44. The lowest BCUT2D eigenvalue weighted by molar-refractivity contribution is 0.285. The lowest BCUT2D eigenvalue weighted by Crippen LogP contribution is -2.27. The third kappa shape index (κ3) is 3.05. The molecule has 0 spiro atoms. The highest BCUT2D eigenvalue weighted by atomic mass is 15.1. The standard InChI is InChI=1S/C13H24N2/c1-2-3-11-6-7-15(9-11)10-12-4-5-13(14)8-12/h4-5,11-13H,2-3,6-10,14H2,1H3. The average Bonchev–Trinajstić information content (AvgIpc) is 2.78. The van der Waals surface area contributed by atoms with Gasteiger partial charge in [-0.2, -0.15) is 0 Å². The SMILES string of the molecule is CCCC1CCN(CC2C=CC(N)C2)C1. The Balaban J connectivity index is 1.71. The van der Waals surface area contributed by atoms with Crippen LogP contribution in [0, 0.1) is 11.8 Å². The largest absolute Gasteiger partial charge is 0.324 e. The van der Waals surface area contributed by atoms with Crippen LogP contribution in [0.5, 0.6) is 0 Å².